The van der Waals surface area contributed by atoms with Gasteiger partial charge in [0.15, 0.2) is 0 Å². The van der Waals surface area contributed by atoms with Gasteiger partial charge in [0.25, 0.3) is 5.91 Å². The number of nitrogens with one attached hydrogen (secondary N) is 3. The summed E-state index contributed by atoms with van der Waals surface area (Å²) in [6, 6.07) is 22.5. The van der Waals surface area contributed by atoms with Crippen LogP contribution in [0.4, 0.5) is 11.4 Å². The molecule has 0 saturated heterocycles. The molecule has 0 aliphatic heterocycles. The summed E-state index contributed by atoms with van der Waals surface area (Å²) in [5.41, 5.74) is 3.95. The number of amides is 3. The standard InChI is InChI=1S/C26H26N4O4/c1-2-3-17-34-21-15-13-19(14-16-21)18-27-30-26(33)25(32)29-23-12-8-7-11-22(23)24(31)28-20-9-5-4-6-10-20/h4-16,18H,2-3,17H2,1H3,(H,28,31)(H,29,32)(H,30,33). The monoisotopic (exact) mass is 458 g/mol. The van der Waals surface area contributed by atoms with Crippen molar-refractivity contribution in [3.8, 4) is 5.75 Å². The third-order valence-corrected chi connectivity index (χ3v) is 4.68. The molecule has 3 rings (SSSR count). The molecule has 0 aliphatic rings. The first-order valence-corrected chi connectivity index (χ1v) is 10.9. The van der Waals surface area contributed by atoms with Crippen molar-refractivity contribution in [2.24, 2.45) is 5.10 Å². The quantitative estimate of drug-likeness (QED) is 0.193. The van der Waals surface area contributed by atoms with Crippen molar-refractivity contribution < 1.29 is 19.1 Å². The molecule has 0 aromatic heterocycles. The number of hydrogen-bond donors (Lipinski definition) is 3. The van der Waals surface area contributed by atoms with E-state index in [0.717, 1.165) is 24.2 Å². The SMILES string of the molecule is CCCCOc1ccc(C=NNC(=O)C(=O)Nc2ccccc2C(=O)Nc2ccccc2)cc1. The van der Waals surface area contributed by atoms with Crippen molar-refractivity contribution >= 4 is 35.3 Å². The highest BCUT2D eigenvalue weighted by atomic mass is 16.5. The Bertz CT molecular complexity index is 1140. The summed E-state index contributed by atoms with van der Waals surface area (Å²) in [7, 11) is 0. The summed E-state index contributed by atoms with van der Waals surface area (Å²) in [5, 5.41) is 9.02. The molecular formula is C26H26N4O4. The molecule has 0 fully saturated rings. The molecule has 0 atom stereocenters. The minimum Gasteiger partial charge on any atom is -0.494 e. The van der Waals surface area contributed by atoms with Gasteiger partial charge in [0.05, 0.1) is 24.1 Å². The van der Waals surface area contributed by atoms with E-state index in [-0.39, 0.29) is 11.3 Å². The topological polar surface area (TPSA) is 109 Å². The van der Waals surface area contributed by atoms with E-state index in [1.54, 1.807) is 60.7 Å². The van der Waals surface area contributed by atoms with E-state index in [9.17, 15) is 14.4 Å². The number of hydrogen-bond acceptors (Lipinski definition) is 5. The number of para-hydroxylation sites is 2. The number of rotatable bonds is 9. The van der Waals surface area contributed by atoms with Crippen LogP contribution in [-0.4, -0.2) is 30.5 Å². The molecule has 8 nitrogen and oxygen atoms in total. The van der Waals surface area contributed by atoms with Gasteiger partial charge in [-0.05, 0) is 60.5 Å². The van der Waals surface area contributed by atoms with Crippen LogP contribution in [0.5, 0.6) is 5.75 Å². The van der Waals surface area contributed by atoms with Crippen molar-refractivity contribution in [1.29, 1.82) is 0 Å². The van der Waals surface area contributed by atoms with Crippen LogP contribution in [-0.2, 0) is 9.59 Å². The van der Waals surface area contributed by atoms with Gasteiger partial charge in [0, 0.05) is 5.69 Å². The van der Waals surface area contributed by atoms with E-state index >= 15 is 0 Å². The van der Waals surface area contributed by atoms with Crippen molar-refractivity contribution in [3.05, 3.63) is 90.0 Å². The van der Waals surface area contributed by atoms with Gasteiger partial charge in [-0.1, -0.05) is 43.7 Å². The third-order valence-electron chi connectivity index (χ3n) is 4.68. The van der Waals surface area contributed by atoms with E-state index in [2.05, 4.69) is 28.1 Å². The van der Waals surface area contributed by atoms with Gasteiger partial charge in [0.1, 0.15) is 5.75 Å². The number of unbranched alkanes of at least 4 members (excludes halogenated alkanes) is 1. The van der Waals surface area contributed by atoms with Gasteiger partial charge >= 0.3 is 11.8 Å². The first kappa shape index (κ1) is 24.2. The fourth-order valence-corrected chi connectivity index (χ4v) is 2.89. The smallest absolute Gasteiger partial charge is 0.329 e. The third kappa shape index (κ3) is 7.30. The van der Waals surface area contributed by atoms with E-state index in [4.69, 9.17) is 4.74 Å². The highest BCUT2D eigenvalue weighted by molar-refractivity contribution is 6.40. The maximum atomic E-state index is 12.6. The predicted octanol–water partition coefficient (Wildman–Crippen LogP) is 4.21. The Morgan fingerprint density at radius 3 is 2.29 bits per heavy atom. The fourth-order valence-electron chi connectivity index (χ4n) is 2.89. The van der Waals surface area contributed by atoms with Crippen LogP contribution >= 0.6 is 0 Å². The Kier molecular flexibility index (Phi) is 8.92. The molecule has 3 N–H and O–H groups in total. The molecular weight excluding hydrogens is 432 g/mol. The van der Waals surface area contributed by atoms with Gasteiger partial charge in [-0.15, -0.1) is 0 Å². The predicted molar refractivity (Wildman–Crippen MR) is 132 cm³/mol. The summed E-state index contributed by atoms with van der Waals surface area (Å²) in [6.45, 7) is 2.76. The summed E-state index contributed by atoms with van der Waals surface area (Å²) < 4.78 is 5.60. The second-order valence-corrected chi connectivity index (χ2v) is 7.29. The van der Waals surface area contributed by atoms with Gasteiger partial charge < -0.3 is 15.4 Å². The van der Waals surface area contributed by atoms with Crippen molar-refractivity contribution in [2.45, 2.75) is 19.8 Å². The molecule has 34 heavy (non-hydrogen) atoms. The zero-order valence-electron chi connectivity index (χ0n) is 18.8. The molecule has 0 aliphatic carbocycles. The fraction of sp³-hybridized carbons (Fsp3) is 0.154. The number of benzene rings is 3. The average Bonchev–Trinajstić information content (AvgIpc) is 2.86. The van der Waals surface area contributed by atoms with Crippen LogP contribution in [0.2, 0.25) is 0 Å². The normalized spacial score (nSPS) is 10.5. The van der Waals surface area contributed by atoms with E-state index < -0.39 is 17.7 Å². The summed E-state index contributed by atoms with van der Waals surface area (Å²) >= 11 is 0. The van der Waals surface area contributed by atoms with Crippen LogP contribution in [0, 0.1) is 0 Å². The Labute approximate surface area is 198 Å². The van der Waals surface area contributed by atoms with Crippen molar-refractivity contribution in [1.82, 2.24) is 5.43 Å². The Morgan fingerprint density at radius 2 is 1.56 bits per heavy atom. The number of anilines is 2. The minimum absolute atomic E-state index is 0.207. The van der Waals surface area contributed by atoms with Crippen LogP contribution in [0.25, 0.3) is 0 Å². The zero-order chi connectivity index (χ0) is 24.2. The maximum Gasteiger partial charge on any atom is 0.329 e. The Balaban J connectivity index is 1.54. The molecule has 0 radical (unpaired) electrons. The zero-order valence-corrected chi connectivity index (χ0v) is 18.8. The average molecular weight is 459 g/mol. The Morgan fingerprint density at radius 1 is 0.853 bits per heavy atom. The summed E-state index contributed by atoms with van der Waals surface area (Å²) in [4.78, 5) is 37.1. The van der Waals surface area contributed by atoms with Gasteiger partial charge in [-0.2, -0.15) is 5.10 Å². The number of hydrazone groups is 1. The van der Waals surface area contributed by atoms with Crippen LogP contribution in [0.1, 0.15) is 35.7 Å². The molecule has 3 aromatic rings. The molecule has 0 unspecified atom stereocenters. The number of nitrogens with zero attached hydrogens (tertiary/aromatic N) is 1. The number of carbonyl (C=O) groups is 3. The van der Waals surface area contributed by atoms with E-state index in [0.29, 0.717) is 12.3 Å². The lowest BCUT2D eigenvalue weighted by Gasteiger charge is -2.11. The van der Waals surface area contributed by atoms with Gasteiger partial charge in [-0.3, -0.25) is 14.4 Å². The summed E-state index contributed by atoms with van der Waals surface area (Å²) in [6.07, 6.45) is 3.46. The highest BCUT2D eigenvalue weighted by Gasteiger charge is 2.17. The first-order chi connectivity index (χ1) is 16.6. The van der Waals surface area contributed by atoms with Crippen molar-refractivity contribution in [2.75, 3.05) is 17.2 Å². The lowest BCUT2D eigenvalue weighted by atomic mass is 10.1. The molecule has 8 heteroatoms. The number of carbonyl (C=O) groups excluding carboxylic acids is 3. The van der Waals surface area contributed by atoms with Crippen LogP contribution < -0.4 is 20.8 Å². The highest BCUT2D eigenvalue weighted by Crippen LogP contribution is 2.17. The van der Waals surface area contributed by atoms with Gasteiger partial charge in [-0.25, -0.2) is 5.43 Å². The van der Waals surface area contributed by atoms with Gasteiger partial charge in [0.2, 0.25) is 0 Å². The summed E-state index contributed by atoms with van der Waals surface area (Å²) in [5.74, 6) is -1.57. The lowest BCUT2D eigenvalue weighted by Crippen LogP contribution is -2.33. The second-order valence-electron chi connectivity index (χ2n) is 7.29. The van der Waals surface area contributed by atoms with E-state index in [1.807, 2.05) is 18.2 Å². The molecule has 3 aromatic carbocycles. The van der Waals surface area contributed by atoms with Crippen LogP contribution in [0.3, 0.4) is 0 Å². The molecule has 3 amide bonds. The van der Waals surface area contributed by atoms with E-state index in [1.165, 1.54) is 6.21 Å². The number of ether oxygens (including phenoxy) is 1. The molecule has 0 bridgehead atoms. The molecule has 0 saturated carbocycles. The molecule has 174 valence electrons. The van der Waals surface area contributed by atoms with Crippen molar-refractivity contribution in [3.63, 3.8) is 0 Å². The second kappa shape index (κ2) is 12.5. The maximum absolute atomic E-state index is 12.6. The minimum atomic E-state index is -0.964. The molecule has 0 spiro atoms. The lowest BCUT2D eigenvalue weighted by molar-refractivity contribution is -0.136. The largest absolute Gasteiger partial charge is 0.494 e. The molecule has 0 heterocycles. The first-order valence-electron chi connectivity index (χ1n) is 10.9. The Hall–Kier alpha value is -4.46. The van der Waals surface area contributed by atoms with Crippen LogP contribution in [0.15, 0.2) is 84.0 Å².